The molecule has 0 spiro atoms. The largest absolute Gasteiger partial charge is 0.494 e. The number of hydrogen-bond acceptors (Lipinski definition) is 7. The van der Waals surface area contributed by atoms with E-state index >= 15 is 0 Å². The molecule has 0 radical (unpaired) electrons. The number of esters is 1. The van der Waals surface area contributed by atoms with Crippen molar-refractivity contribution in [1.29, 1.82) is 0 Å². The Balaban J connectivity index is 0.00000178. The summed E-state index contributed by atoms with van der Waals surface area (Å²) in [6.45, 7) is 6.53. The number of nitrogens with one attached hydrogen (secondary N) is 2. The number of benzene rings is 1. The molecule has 0 aromatic heterocycles. The highest BCUT2D eigenvalue weighted by atomic mass is 32.2. The van der Waals surface area contributed by atoms with Gasteiger partial charge in [-0.25, -0.2) is 0 Å². The van der Waals surface area contributed by atoms with Crippen molar-refractivity contribution >= 4 is 36.3 Å². The molecule has 0 fully saturated rings. The number of amides is 1. The molecule has 0 bridgehead atoms. The van der Waals surface area contributed by atoms with E-state index in [1.165, 1.54) is 12.9 Å². The number of thiol groups is 1. The molecular formula is C21H36N2O4S2. The van der Waals surface area contributed by atoms with Gasteiger partial charge in [0.1, 0.15) is 12.3 Å². The van der Waals surface area contributed by atoms with Gasteiger partial charge in [-0.1, -0.05) is 26.8 Å². The third kappa shape index (κ3) is 11.4. The molecule has 1 rings (SSSR count). The molecule has 1 atom stereocenters. The lowest BCUT2D eigenvalue weighted by molar-refractivity contribution is -0.139. The van der Waals surface area contributed by atoms with E-state index in [4.69, 9.17) is 4.74 Å². The van der Waals surface area contributed by atoms with Crippen LogP contribution in [0.4, 0.5) is 0 Å². The van der Waals surface area contributed by atoms with E-state index in [0.29, 0.717) is 17.9 Å². The molecular weight excluding hydrogens is 408 g/mol. The minimum Gasteiger partial charge on any atom is -0.494 e. The Kier molecular flexibility index (Phi) is 15.6. The molecule has 6 nitrogen and oxygen atoms in total. The molecule has 0 heterocycles. The molecule has 1 amide bonds. The molecule has 166 valence electrons. The molecule has 1 unspecified atom stereocenters. The Morgan fingerprint density at radius 2 is 1.93 bits per heavy atom. The Labute approximate surface area is 185 Å². The van der Waals surface area contributed by atoms with Crippen LogP contribution in [-0.2, 0) is 9.53 Å². The highest BCUT2D eigenvalue weighted by Crippen LogP contribution is 2.24. The zero-order valence-electron chi connectivity index (χ0n) is 18.4. The molecule has 0 saturated carbocycles. The first-order valence-corrected chi connectivity index (χ1v) is 11.8. The number of methoxy groups -OCH3 is 1. The number of ether oxygens (including phenoxy) is 2. The van der Waals surface area contributed by atoms with Crippen LogP contribution in [-0.4, -0.2) is 63.0 Å². The quantitative estimate of drug-likeness (QED) is 0.359. The van der Waals surface area contributed by atoms with Gasteiger partial charge in [0.05, 0.1) is 13.7 Å². The van der Waals surface area contributed by atoms with Gasteiger partial charge in [-0.2, -0.15) is 24.4 Å². The van der Waals surface area contributed by atoms with Crippen molar-refractivity contribution in [3.8, 4) is 5.75 Å². The Bertz CT molecular complexity index is 606. The maximum atomic E-state index is 12.4. The summed E-state index contributed by atoms with van der Waals surface area (Å²) in [5, 5.41) is 5.74. The summed E-state index contributed by atoms with van der Waals surface area (Å²) in [5.74, 6) is 1.96. The third-order valence-electron chi connectivity index (χ3n) is 4.16. The molecule has 2 N–H and O–H groups in total. The zero-order valence-corrected chi connectivity index (χ0v) is 20.1. The van der Waals surface area contributed by atoms with E-state index in [1.807, 2.05) is 44.8 Å². The van der Waals surface area contributed by atoms with Crippen molar-refractivity contribution in [3.63, 3.8) is 0 Å². The van der Waals surface area contributed by atoms with E-state index in [1.54, 1.807) is 6.07 Å². The van der Waals surface area contributed by atoms with Crippen LogP contribution in [0.3, 0.4) is 0 Å². The second-order valence-corrected chi connectivity index (χ2v) is 8.07. The average Bonchev–Trinajstić information content (AvgIpc) is 2.74. The summed E-state index contributed by atoms with van der Waals surface area (Å²) < 4.78 is 10.3. The first-order valence-electron chi connectivity index (χ1n) is 9.73. The van der Waals surface area contributed by atoms with E-state index < -0.39 is 5.97 Å². The summed E-state index contributed by atoms with van der Waals surface area (Å²) in [6, 6.07) is 5.75. The predicted octanol–water partition coefficient (Wildman–Crippen LogP) is 3.37. The van der Waals surface area contributed by atoms with E-state index in [-0.39, 0.29) is 24.4 Å². The maximum absolute atomic E-state index is 12.4. The smallest absolute Gasteiger partial charge is 0.325 e. The lowest BCUT2D eigenvalue weighted by Gasteiger charge is -2.16. The second-order valence-electron chi connectivity index (χ2n) is 6.55. The van der Waals surface area contributed by atoms with Gasteiger partial charge in [-0.05, 0) is 49.1 Å². The van der Waals surface area contributed by atoms with Crippen molar-refractivity contribution in [2.75, 3.05) is 45.1 Å². The van der Waals surface area contributed by atoms with Gasteiger partial charge >= 0.3 is 5.97 Å². The van der Waals surface area contributed by atoms with Gasteiger partial charge in [-0.3, -0.25) is 9.59 Å². The Hall–Kier alpha value is -1.38. The van der Waals surface area contributed by atoms with Crippen molar-refractivity contribution in [3.05, 3.63) is 29.3 Å². The normalized spacial score (nSPS) is 11.3. The summed E-state index contributed by atoms with van der Waals surface area (Å²) in [4.78, 5) is 23.6. The maximum Gasteiger partial charge on any atom is 0.325 e. The number of rotatable bonds is 11. The van der Waals surface area contributed by atoms with Crippen LogP contribution < -0.4 is 15.4 Å². The molecule has 0 saturated heterocycles. The van der Waals surface area contributed by atoms with E-state index in [2.05, 4.69) is 41.2 Å². The Morgan fingerprint density at radius 3 is 2.41 bits per heavy atom. The number of carbonyl (C=O) groups is 2. The number of carbonyl (C=O) groups excluding carboxylic acids is 2. The summed E-state index contributed by atoms with van der Waals surface area (Å²) in [6.07, 6.45) is 2.91. The zero-order chi connectivity index (χ0) is 22.2. The van der Waals surface area contributed by atoms with Gasteiger partial charge in [0.25, 0.3) is 5.91 Å². The van der Waals surface area contributed by atoms with E-state index in [0.717, 1.165) is 17.7 Å². The fraction of sp³-hybridized carbons (Fsp3) is 0.619. The Morgan fingerprint density at radius 1 is 1.28 bits per heavy atom. The number of thioether (sulfide) groups is 1. The highest BCUT2D eigenvalue weighted by molar-refractivity contribution is 7.98. The van der Waals surface area contributed by atoms with Gasteiger partial charge in [0, 0.05) is 17.4 Å². The number of hydrogen-bond donors (Lipinski definition) is 3. The van der Waals surface area contributed by atoms with Gasteiger partial charge < -0.3 is 20.1 Å². The van der Waals surface area contributed by atoms with Crippen molar-refractivity contribution in [2.24, 2.45) is 0 Å². The average molecular weight is 445 g/mol. The van der Waals surface area contributed by atoms with Gasteiger partial charge in [0.2, 0.25) is 0 Å². The molecule has 0 aliphatic carbocycles. The van der Waals surface area contributed by atoms with Crippen LogP contribution in [0.2, 0.25) is 0 Å². The minimum atomic E-state index is -0.489. The molecule has 1 aromatic rings. The van der Waals surface area contributed by atoms with Crippen LogP contribution in [0, 0.1) is 0 Å². The summed E-state index contributed by atoms with van der Waals surface area (Å²) in [5.41, 5.74) is 1.41. The van der Waals surface area contributed by atoms with E-state index in [9.17, 15) is 9.59 Å². The van der Waals surface area contributed by atoms with Crippen LogP contribution in [0.1, 0.15) is 49.0 Å². The van der Waals surface area contributed by atoms with Crippen LogP contribution in [0.15, 0.2) is 18.2 Å². The van der Waals surface area contributed by atoms with Crippen LogP contribution >= 0.6 is 24.4 Å². The topological polar surface area (TPSA) is 76.7 Å². The van der Waals surface area contributed by atoms with Crippen molar-refractivity contribution < 1.29 is 19.1 Å². The molecule has 0 aliphatic rings. The molecule has 1 aromatic carbocycles. The lowest BCUT2D eigenvalue weighted by atomic mass is 9.96. The lowest BCUT2D eigenvalue weighted by Crippen LogP contribution is -2.31. The fourth-order valence-corrected chi connectivity index (χ4v) is 2.66. The van der Waals surface area contributed by atoms with Crippen LogP contribution in [0.25, 0.3) is 0 Å². The fourth-order valence-electron chi connectivity index (χ4n) is 2.29. The minimum absolute atomic E-state index is 0.163. The summed E-state index contributed by atoms with van der Waals surface area (Å²) >= 11 is 6.13. The first-order chi connectivity index (χ1) is 13.8. The first kappa shape index (κ1) is 27.6. The van der Waals surface area contributed by atoms with Crippen molar-refractivity contribution in [2.45, 2.75) is 39.2 Å². The van der Waals surface area contributed by atoms with Crippen LogP contribution in [0.5, 0.6) is 5.75 Å². The molecule has 8 heteroatoms. The highest BCUT2D eigenvalue weighted by Gasteiger charge is 2.16. The summed E-state index contributed by atoms with van der Waals surface area (Å²) in [7, 11) is 3.17. The monoisotopic (exact) mass is 444 g/mol. The standard InChI is InChI=1S/C18H28N2O4S.C3H8S/c1-12(2)15-6-5-14(24-8-7-13(11-25)19-3)9-16(15)18(22)20-10-17(21)23-4;1-3-4-2/h5-6,9,12-13,19,25H,7-8,10-11H2,1-4H3,(H,20,22);3H2,1-2H3. The SMILES string of the molecule is CCSC.CNC(CS)CCOc1ccc(C(C)C)c(C(=O)NCC(=O)OC)c1. The third-order valence-corrected chi connectivity index (χ3v) is 5.18. The van der Waals surface area contributed by atoms with Crippen molar-refractivity contribution in [1.82, 2.24) is 10.6 Å². The predicted molar refractivity (Wildman–Crippen MR) is 126 cm³/mol. The second kappa shape index (κ2) is 16.4. The van der Waals surface area contributed by atoms with Gasteiger partial charge in [0.15, 0.2) is 0 Å². The molecule has 29 heavy (non-hydrogen) atoms. The van der Waals surface area contributed by atoms with Gasteiger partial charge in [-0.15, -0.1) is 0 Å². The molecule has 0 aliphatic heterocycles.